The molecule has 1 amide bonds. The van der Waals surface area contributed by atoms with Crippen LogP contribution in [0.25, 0.3) is 0 Å². The van der Waals surface area contributed by atoms with Gasteiger partial charge in [0.2, 0.25) is 0 Å². The molecule has 2 atom stereocenters. The molecule has 1 N–H and O–H groups in total. The minimum Gasteiger partial charge on any atom is -0.444 e. The summed E-state index contributed by atoms with van der Waals surface area (Å²) in [4.78, 5) is 14.1. The van der Waals surface area contributed by atoms with Crippen LogP contribution < -0.4 is 5.32 Å². The van der Waals surface area contributed by atoms with E-state index >= 15 is 0 Å². The number of carbonyl (C=O) groups excluding carboxylic acids is 1. The van der Waals surface area contributed by atoms with E-state index in [2.05, 4.69) is 26.1 Å². The Balaban J connectivity index is 2.32. The molecule has 0 aromatic heterocycles. The highest BCUT2D eigenvalue weighted by atomic mass is 16.6. The Labute approximate surface area is 143 Å². The van der Waals surface area contributed by atoms with Crippen LogP contribution in [0, 0.1) is 11.8 Å². The van der Waals surface area contributed by atoms with Gasteiger partial charge in [0.25, 0.3) is 0 Å². The van der Waals surface area contributed by atoms with Gasteiger partial charge in [-0.25, -0.2) is 4.79 Å². The monoisotopic (exact) mass is 326 g/mol. The number of ether oxygens (including phenoxy) is 1. The van der Waals surface area contributed by atoms with Gasteiger partial charge in [0.15, 0.2) is 0 Å². The summed E-state index contributed by atoms with van der Waals surface area (Å²) in [6.07, 6.45) is 5.96. The molecular weight excluding hydrogens is 288 g/mol. The zero-order valence-corrected chi connectivity index (χ0v) is 16.2. The Hall–Kier alpha value is -0.770. The third-order valence-electron chi connectivity index (χ3n) is 4.49. The number of rotatable bonds is 7. The second-order valence-electron chi connectivity index (χ2n) is 8.46. The first-order chi connectivity index (χ1) is 10.7. The van der Waals surface area contributed by atoms with E-state index in [1.54, 1.807) is 0 Å². The van der Waals surface area contributed by atoms with E-state index in [9.17, 15) is 4.79 Å². The number of nitrogens with zero attached hydrogens (tertiary/aromatic N) is 1. The number of piperidine rings is 1. The van der Waals surface area contributed by atoms with Crippen molar-refractivity contribution in [2.24, 2.45) is 11.8 Å². The zero-order valence-electron chi connectivity index (χ0n) is 16.2. The van der Waals surface area contributed by atoms with E-state index in [0.717, 1.165) is 32.0 Å². The van der Waals surface area contributed by atoms with Crippen molar-refractivity contribution in [2.45, 2.75) is 85.3 Å². The van der Waals surface area contributed by atoms with Gasteiger partial charge in [-0.3, -0.25) is 0 Å². The Morgan fingerprint density at radius 3 is 2.57 bits per heavy atom. The van der Waals surface area contributed by atoms with Crippen LogP contribution in [-0.2, 0) is 4.74 Å². The summed E-state index contributed by atoms with van der Waals surface area (Å²) in [5.41, 5.74) is -0.412. The number of hydrogen-bond donors (Lipinski definition) is 1. The Bertz CT molecular complexity index is 350. The van der Waals surface area contributed by atoms with Crippen LogP contribution in [-0.4, -0.2) is 42.3 Å². The average molecular weight is 327 g/mol. The molecule has 4 heteroatoms. The van der Waals surface area contributed by atoms with Gasteiger partial charge in [0.05, 0.1) is 0 Å². The maximum Gasteiger partial charge on any atom is 0.410 e. The molecular formula is C19H38N2O2. The lowest BCUT2D eigenvalue weighted by Gasteiger charge is -2.36. The smallest absolute Gasteiger partial charge is 0.410 e. The Morgan fingerprint density at radius 2 is 1.96 bits per heavy atom. The van der Waals surface area contributed by atoms with Gasteiger partial charge in [-0.05, 0) is 65.3 Å². The summed E-state index contributed by atoms with van der Waals surface area (Å²) in [7, 11) is 0. The van der Waals surface area contributed by atoms with Crippen molar-refractivity contribution < 1.29 is 9.53 Å². The lowest BCUT2D eigenvalue weighted by molar-refractivity contribution is 0.0148. The first kappa shape index (κ1) is 20.3. The largest absolute Gasteiger partial charge is 0.444 e. The first-order valence-corrected chi connectivity index (χ1v) is 9.40. The molecule has 0 radical (unpaired) electrons. The van der Waals surface area contributed by atoms with Crippen LogP contribution in [0.1, 0.15) is 73.6 Å². The number of amides is 1. The van der Waals surface area contributed by atoms with Gasteiger partial charge in [-0.2, -0.15) is 0 Å². The van der Waals surface area contributed by atoms with E-state index in [4.69, 9.17) is 4.74 Å². The molecule has 1 aliphatic heterocycles. The van der Waals surface area contributed by atoms with Gasteiger partial charge in [0.1, 0.15) is 5.60 Å². The van der Waals surface area contributed by atoms with Gasteiger partial charge < -0.3 is 15.0 Å². The van der Waals surface area contributed by atoms with Gasteiger partial charge >= 0.3 is 6.09 Å². The average Bonchev–Trinajstić information content (AvgIpc) is 2.44. The predicted octanol–water partition coefficient (Wildman–Crippen LogP) is 4.44. The van der Waals surface area contributed by atoms with E-state index in [-0.39, 0.29) is 6.09 Å². The second kappa shape index (κ2) is 9.51. The maximum absolute atomic E-state index is 12.2. The van der Waals surface area contributed by atoms with Gasteiger partial charge in [-0.15, -0.1) is 0 Å². The summed E-state index contributed by atoms with van der Waals surface area (Å²) >= 11 is 0. The fourth-order valence-corrected chi connectivity index (χ4v) is 3.08. The topological polar surface area (TPSA) is 41.6 Å². The van der Waals surface area contributed by atoms with Crippen LogP contribution in [0.2, 0.25) is 0 Å². The molecule has 1 heterocycles. The summed E-state index contributed by atoms with van der Waals surface area (Å²) in [6.45, 7) is 15.3. The number of unbranched alkanes of at least 4 members (excludes halogenated alkanes) is 1. The Morgan fingerprint density at radius 1 is 1.26 bits per heavy atom. The zero-order chi connectivity index (χ0) is 17.5. The molecule has 0 saturated carbocycles. The van der Waals surface area contributed by atoms with Crippen molar-refractivity contribution in [1.29, 1.82) is 0 Å². The van der Waals surface area contributed by atoms with Crippen LogP contribution in [0.3, 0.4) is 0 Å². The molecule has 0 spiro atoms. The highest BCUT2D eigenvalue weighted by Gasteiger charge is 2.29. The highest BCUT2D eigenvalue weighted by molar-refractivity contribution is 5.68. The number of hydrogen-bond acceptors (Lipinski definition) is 3. The SMILES string of the molecule is CC(C)CCCCNC(C)C1CCCN(C(=O)OC(C)(C)C)C1. The lowest BCUT2D eigenvalue weighted by atomic mass is 9.91. The van der Waals surface area contributed by atoms with Gasteiger partial charge in [-0.1, -0.05) is 26.7 Å². The first-order valence-electron chi connectivity index (χ1n) is 9.40. The fourth-order valence-electron chi connectivity index (χ4n) is 3.08. The van der Waals surface area contributed by atoms with Crippen molar-refractivity contribution in [3.05, 3.63) is 0 Å². The molecule has 4 nitrogen and oxygen atoms in total. The normalized spacial score (nSPS) is 20.7. The summed E-state index contributed by atoms with van der Waals surface area (Å²) in [6, 6.07) is 0.458. The van der Waals surface area contributed by atoms with Crippen molar-refractivity contribution in [2.75, 3.05) is 19.6 Å². The molecule has 1 rings (SSSR count). The number of nitrogens with one attached hydrogen (secondary N) is 1. The molecule has 2 unspecified atom stereocenters. The maximum atomic E-state index is 12.2. The van der Waals surface area contributed by atoms with Crippen LogP contribution in [0.15, 0.2) is 0 Å². The predicted molar refractivity (Wildman–Crippen MR) is 96.7 cm³/mol. The van der Waals surface area contributed by atoms with Crippen LogP contribution in [0.5, 0.6) is 0 Å². The quantitative estimate of drug-likeness (QED) is 0.703. The van der Waals surface area contributed by atoms with E-state index < -0.39 is 5.60 Å². The molecule has 0 aromatic carbocycles. The Kier molecular flexibility index (Phi) is 8.38. The summed E-state index contributed by atoms with van der Waals surface area (Å²) in [5, 5.41) is 3.66. The third-order valence-corrected chi connectivity index (χ3v) is 4.49. The number of likely N-dealkylation sites (tertiary alicyclic amines) is 1. The summed E-state index contributed by atoms with van der Waals surface area (Å²) in [5.74, 6) is 1.33. The second-order valence-corrected chi connectivity index (χ2v) is 8.46. The molecule has 136 valence electrons. The van der Waals surface area contributed by atoms with Gasteiger partial charge in [0, 0.05) is 19.1 Å². The fraction of sp³-hybridized carbons (Fsp3) is 0.947. The van der Waals surface area contributed by atoms with E-state index in [0.29, 0.717) is 12.0 Å². The van der Waals surface area contributed by atoms with Crippen molar-refractivity contribution in [1.82, 2.24) is 10.2 Å². The van der Waals surface area contributed by atoms with Crippen LogP contribution in [0.4, 0.5) is 4.79 Å². The third kappa shape index (κ3) is 8.59. The van der Waals surface area contributed by atoms with E-state index in [1.807, 2.05) is 25.7 Å². The minimum absolute atomic E-state index is 0.161. The van der Waals surface area contributed by atoms with Crippen molar-refractivity contribution >= 4 is 6.09 Å². The molecule has 1 fully saturated rings. The van der Waals surface area contributed by atoms with E-state index in [1.165, 1.54) is 25.7 Å². The molecule has 1 aliphatic rings. The molecule has 1 saturated heterocycles. The number of carbonyl (C=O) groups is 1. The molecule has 23 heavy (non-hydrogen) atoms. The molecule has 0 bridgehead atoms. The standard InChI is InChI=1S/C19H38N2O2/c1-15(2)10-7-8-12-20-16(3)17-11-9-13-21(14-17)18(22)23-19(4,5)6/h15-17,20H,7-14H2,1-6H3. The summed E-state index contributed by atoms with van der Waals surface area (Å²) < 4.78 is 5.51. The molecule has 0 aliphatic carbocycles. The molecule has 0 aromatic rings. The minimum atomic E-state index is -0.412. The van der Waals surface area contributed by atoms with Crippen molar-refractivity contribution in [3.8, 4) is 0 Å². The van der Waals surface area contributed by atoms with Crippen LogP contribution >= 0.6 is 0 Å². The lowest BCUT2D eigenvalue weighted by Crippen LogP contribution is -2.48. The highest BCUT2D eigenvalue weighted by Crippen LogP contribution is 2.22. The van der Waals surface area contributed by atoms with Crippen molar-refractivity contribution in [3.63, 3.8) is 0 Å².